The number of benzene rings is 1. The molecule has 86 valence electrons. The molecule has 0 atom stereocenters. The van der Waals surface area contributed by atoms with Crippen LogP contribution in [0.1, 0.15) is 5.69 Å². The molecule has 0 saturated heterocycles. The highest BCUT2D eigenvalue weighted by Gasteiger charge is 2.09. The molecule has 0 unspecified atom stereocenters. The number of fused-ring (bicyclic) bond motifs is 1. The van der Waals surface area contributed by atoms with E-state index in [1.54, 1.807) is 0 Å². The van der Waals surface area contributed by atoms with E-state index in [0.29, 0.717) is 16.6 Å². The molecule has 0 aliphatic heterocycles. The van der Waals surface area contributed by atoms with Gasteiger partial charge in [-0.1, -0.05) is 0 Å². The molecule has 0 saturated carbocycles. The number of non-ortho nitro benzene ring substituents is 1. The second-order valence-electron chi connectivity index (χ2n) is 3.27. The zero-order valence-electron chi connectivity index (χ0n) is 8.45. The molecule has 17 heavy (non-hydrogen) atoms. The highest BCUT2D eigenvalue weighted by molar-refractivity contribution is 5.92. The number of rotatable bonds is 3. The van der Waals surface area contributed by atoms with Gasteiger partial charge in [0.05, 0.1) is 16.1 Å². The molecule has 0 fully saturated rings. The lowest BCUT2D eigenvalue weighted by atomic mass is 10.2. The topological polar surface area (TPSA) is 109 Å². The summed E-state index contributed by atoms with van der Waals surface area (Å²) in [6.45, 7) is 0. The largest absolute Gasteiger partial charge is 0.478 e. The van der Waals surface area contributed by atoms with Crippen LogP contribution in [0.2, 0.25) is 0 Å². The lowest BCUT2D eigenvalue weighted by Gasteiger charge is -1.91. The molecule has 0 bridgehead atoms. The monoisotopic (exact) mass is 233 g/mol. The number of hydrogen-bond donors (Lipinski definition) is 2. The van der Waals surface area contributed by atoms with Gasteiger partial charge in [-0.05, 0) is 12.1 Å². The molecule has 2 rings (SSSR count). The first-order chi connectivity index (χ1) is 8.08. The standard InChI is InChI=1S/C10H7N3O4/c14-10(15)4-3-8-7-2-1-6(13(16)17)5-9(7)12-11-8/h1-5H,(H,11,12)(H,14,15). The van der Waals surface area contributed by atoms with Crippen LogP contribution in [0.15, 0.2) is 24.3 Å². The Bertz CT molecular complexity index is 630. The van der Waals surface area contributed by atoms with Crippen molar-refractivity contribution in [1.29, 1.82) is 0 Å². The molecule has 0 aliphatic carbocycles. The number of nitrogens with one attached hydrogen (secondary N) is 1. The molecule has 2 aromatic rings. The number of nitro benzene ring substituents is 1. The number of carbonyl (C=O) groups is 1. The van der Waals surface area contributed by atoms with Gasteiger partial charge in [0.2, 0.25) is 0 Å². The van der Waals surface area contributed by atoms with Crippen molar-refractivity contribution in [3.8, 4) is 0 Å². The van der Waals surface area contributed by atoms with Crippen molar-refractivity contribution in [2.75, 3.05) is 0 Å². The third kappa shape index (κ3) is 2.12. The molecule has 0 aliphatic rings. The molecule has 7 heteroatoms. The van der Waals surface area contributed by atoms with Crippen molar-refractivity contribution in [2.45, 2.75) is 0 Å². The predicted molar refractivity (Wildman–Crippen MR) is 59.4 cm³/mol. The van der Waals surface area contributed by atoms with Gasteiger partial charge in [0.15, 0.2) is 0 Å². The Hall–Kier alpha value is -2.70. The third-order valence-electron chi connectivity index (χ3n) is 2.17. The van der Waals surface area contributed by atoms with E-state index in [1.165, 1.54) is 24.3 Å². The highest BCUT2D eigenvalue weighted by Crippen LogP contribution is 2.22. The lowest BCUT2D eigenvalue weighted by Crippen LogP contribution is -1.87. The minimum atomic E-state index is -1.08. The predicted octanol–water partition coefficient (Wildman–Crippen LogP) is 1.57. The van der Waals surface area contributed by atoms with Gasteiger partial charge < -0.3 is 5.11 Å². The second-order valence-corrected chi connectivity index (χ2v) is 3.27. The van der Waals surface area contributed by atoms with E-state index < -0.39 is 10.9 Å². The summed E-state index contributed by atoms with van der Waals surface area (Å²) >= 11 is 0. The molecule has 1 aromatic carbocycles. The molecule has 0 spiro atoms. The van der Waals surface area contributed by atoms with E-state index >= 15 is 0 Å². The van der Waals surface area contributed by atoms with E-state index in [0.717, 1.165) is 6.08 Å². The molecule has 0 radical (unpaired) electrons. The second kappa shape index (κ2) is 4.05. The van der Waals surface area contributed by atoms with Crippen molar-refractivity contribution in [3.63, 3.8) is 0 Å². The zero-order chi connectivity index (χ0) is 12.4. The smallest absolute Gasteiger partial charge is 0.328 e. The number of aliphatic carboxylic acids is 1. The summed E-state index contributed by atoms with van der Waals surface area (Å²) in [5, 5.41) is 26.1. The van der Waals surface area contributed by atoms with Gasteiger partial charge in [0.25, 0.3) is 5.69 Å². The summed E-state index contributed by atoms with van der Waals surface area (Å²) in [4.78, 5) is 20.4. The number of carboxylic acids is 1. The number of hydrogen-bond acceptors (Lipinski definition) is 4. The van der Waals surface area contributed by atoms with Crippen LogP contribution in [-0.4, -0.2) is 26.2 Å². The van der Waals surface area contributed by atoms with Crippen LogP contribution in [0.5, 0.6) is 0 Å². The molecule has 1 aromatic heterocycles. The SMILES string of the molecule is O=C(O)C=Cc1n[nH]c2cc([N+](=O)[O-])ccc12. The van der Waals surface area contributed by atoms with Gasteiger partial charge in [-0.2, -0.15) is 5.10 Å². The third-order valence-corrected chi connectivity index (χ3v) is 2.17. The molecule has 1 heterocycles. The van der Waals surface area contributed by atoms with Gasteiger partial charge in [-0.25, -0.2) is 4.79 Å². The quantitative estimate of drug-likeness (QED) is 0.475. The van der Waals surface area contributed by atoms with Gasteiger partial charge in [-0.15, -0.1) is 0 Å². The minimum absolute atomic E-state index is 0.0464. The van der Waals surface area contributed by atoms with Crippen LogP contribution in [0.4, 0.5) is 5.69 Å². The zero-order valence-corrected chi connectivity index (χ0v) is 8.45. The first kappa shape index (κ1) is 10.8. The first-order valence-corrected chi connectivity index (χ1v) is 4.61. The van der Waals surface area contributed by atoms with Crippen molar-refractivity contribution < 1.29 is 14.8 Å². The maximum absolute atomic E-state index is 10.5. The van der Waals surface area contributed by atoms with Gasteiger partial charge in [0, 0.05) is 23.6 Å². The lowest BCUT2D eigenvalue weighted by molar-refractivity contribution is -0.384. The average molecular weight is 233 g/mol. The summed E-state index contributed by atoms with van der Waals surface area (Å²) in [5.74, 6) is -1.08. The Morgan fingerprint density at radius 2 is 2.29 bits per heavy atom. The number of nitro groups is 1. The fourth-order valence-corrected chi connectivity index (χ4v) is 1.42. The Labute approximate surface area is 94.5 Å². The minimum Gasteiger partial charge on any atom is -0.478 e. The Kier molecular flexibility index (Phi) is 2.57. The van der Waals surface area contributed by atoms with Gasteiger partial charge in [0.1, 0.15) is 0 Å². The fraction of sp³-hybridized carbons (Fsp3) is 0. The molecule has 2 N–H and O–H groups in total. The Morgan fingerprint density at radius 1 is 1.53 bits per heavy atom. The Morgan fingerprint density at radius 3 is 2.94 bits per heavy atom. The highest BCUT2D eigenvalue weighted by atomic mass is 16.6. The van der Waals surface area contributed by atoms with Crippen molar-refractivity contribution in [3.05, 3.63) is 40.1 Å². The fourth-order valence-electron chi connectivity index (χ4n) is 1.42. The summed E-state index contributed by atoms with van der Waals surface area (Å²) in [7, 11) is 0. The summed E-state index contributed by atoms with van der Waals surface area (Å²) in [6, 6.07) is 4.22. The molecular formula is C10H7N3O4. The van der Waals surface area contributed by atoms with Crippen LogP contribution in [0.3, 0.4) is 0 Å². The van der Waals surface area contributed by atoms with Crippen molar-refractivity contribution >= 4 is 28.6 Å². The van der Waals surface area contributed by atoms with Crippen molar-refractivity contribution in [1.82, 2.24) is 10.2 Å². The van der Waals surface area contributed by atoms with E-state index in [-0.39, 0.29) is 5.69 Å². The van der Waals surface area contributed by atoms with Crippen LogP contribution in [0, 0.1) is 10.1 Å². The van der Waals surface area contributed by atoms with Crippen LogP contribution < -0.4 is 0 Å². The Balaban J connectivity index is 2.48. The molecular weight excluding hydrogens is 226 g/mol. The number of carboxylic acid groups (broad SMARTS) is 1. The first-order valence-electron chi connectivity index (χ1n) is 4.61. The van der Waals surface area contributed by atoms with E-state index in [2.05, 4.69) is 10.2 Å². The van der Waals surface area contributed by atoms with Crippen LogP contribution in [0.25, 0.3) is 17.0 Å². The van der Waals surface area contributed by atoms with E-state index in [1.807, 2.05) is 0 Å². The number of nitrogens with zero attached hydrogens (tertiary/aromatic N) is 2. The van der Waals surface area contributed by atoms with Crippen LogP contribution in [-0.2, 0) is 4.79 Å². The van der Waals surface area contributed by atoms with Crippen LogP contribution >= 0.6 is 0 Å². The van der Waals surface area contributed by atoms with Gasteiger partial charge >= 0.3 is 5.97 Å². The molecule has 0 amide bonds. The normalized spacial score (nSPS) is 11.1. The maximum Gasteiger partial charge on any atom is 0.328 e. The molecule has 7 nitrogen and oxygen atoms in total. The summed E-state index contributed by atoms with van der Waals surface area (Å²) in [5.41, 5.74) is 0.872. The van der Waals surface area contributed by atoms with E-state index in [9.17, 15) is 14.9 Å². The number of aromatic amines is 1. The average Bonchev–Trinajstić information content (AvgIpc) is 2.68. The number of H-pyrrole nitrogens is 1. The van der Waals surface area contributed by atoms with Crippen molar-refractivity contribution in [2.24, 2.45) is 0 Å². The van der Waals surface area contributed by atoms with E-state index in [4.69, 9.17) is 5.11 Å². The number of aromatic nitrogens is 2. The maximum atomic E-state index is 10.5. The summed E-state index contributed by atoms with van der Waals surface area (Å²) < 4.78 is 0. The van der Waals surface area contributed by atoms with Gasteiger partial charge in [-0.3, -0.25) is 15.2 Å². The summed E-state index contributed by atoms with van der Waals surface area (Å²) in [6.07, 6.45) is 2.28.